The fourth-order valence-electron chi connectivity index (χ4n) is 1.20. The van der Waals surface area contributed by atoms with Crippen LogP contribution in [0.5, 0.6) is 5.75 Å². The molecule has 0 N–H and O–H groups in total. The molecule has 0 aliphatic rings. The van der Waals surface area contributed by atoms with Gasteiger partial charge in [-0.1, -0.05) is 12.1 Å². The number of carbonyl (C=O) groups is 2. The number of para-hydroxylation sites is 1. The number of halogens is 5. The molecule has 0 saturated carbocycles. The summed E-state index contributed by atoms with van der Waals surface area (Å²) < 4.78 is 66.5. The van der Waals surface area contributed by atoms with Gasteiger partial charge in [0.05, 0.1) is 5.56 Å². The van der Waals surface area contributed by atoms with Gasteiger partial charge in [-0.2, -0.15) is 22.0 Å². The molecule has 0 saturated heterocycles. The lowest BCUT2D eigenvalue weighted by Crippen LogP contribution is -2.44. The van der Waals surface area contributed by atoms with Gasteiger partial charge in [0.2, 0.25) is 5.78 Å². The Balaban J connectivity index is 3.24. The minimum atomic E-state index is -6.02. The zero-order valence-corrected chi connectivity index (χ0v) is 9.42. The number of ketones is 1. The number of alkyl halides is 5. The van der Waals surface area contributed by atoms with E-state index >= 15 is 0 Å². The lowest BCUT2D eigenvalue weighted by Gasteiger charge is -2.19. The Kier molecular flexibility index (Phi) is 3.92. The van der Waals surface area contributed by atoms with Crippen molar-refractivity contribution in [2.75, 3.05) is 0 Å². The van der Waals surface area contributed by atoms with Crippen LogP contribution in [0.3, 0.4) is 0 Å². The van der Waals surface area contributed by atoms with E-state index in [1.165, 1.54) is 6.07 Å². The molecule has 1 aromatic rings. The van der Waals surface area contributed by atoms with Gasteiger partial charge in [0.1, 0.15) is 5.75 Å². The third-order valence-electron chi connectivity index (χ3n) is 2.03. The maximum atomic E-state index is 12.9. The van der Waals surface area contributed by atoms with Crippen LogP contribution in [0.4, 0.5) is 22.0 Å². The first kappa shape index (κ1) is 15.1. The quantitative estimate of drug-likeness (QED) is 0.370. The van der Waals surface area contributed by atoms with Crippen LogP contribution in [0.2, 0.25) is 0 Å². The third kappa shape index (κ3) is 3.07. The van der Waals surface area contributed by atoms with Crippen molar-refractivity contribution in [3.8, 4) is 5.75 Å². The number of Topliss-reactive ketones (excluding diaryl/α,β-unsaturated/α-hetero) is 1. The van der Waals surface area contributed by atoms with E-state index in [9.17, 15) is 31.5 Å². The number of hydrogen-bond donors (Lipinski definition) is 0. The van der Waals surface area contributed by atoms with E-state index in [0.29, 0.717) is 0 Å². The Morgan fingerprint density at radius 2 is 1.58 bits per heavy atom. The number of hydrogen-bond acceptors (Lipinski definition) is 3. The molecular formula is C11H7F5O3. The largest absolute Gasteiger partial charge is 0.461 e. The first-order valence-electron chi connectivity index (χ1n) is 4.84. The van der Waals surface area contributed by atoms with Crippen molar-refractivity contribution in [1.82, 2.24) is 0 Å². The van der Waals surface area contributed by atoms with Crippen LogP contribution in [0.25, 0.3) is 0 Å². The molecule has 0 amide bonds. The Morgan fingerprint density at radius 1 is 1.05 bits per heavy atom. The van der Waals surface area contributed by atoms with Crippen LogP contribution in [0, 0.1) is 0 Å². The minimum Gasteiger partial charge on any atom is -0.426 e. The highest BCUT2D eigenvalue weighted by Crippen LogP contribution is 2.39. The van der Waals surface area contributed by atoms with Crippen LogP contribution in [-0.2, 0) is 4.79 Å². The second kappa shape index (κ2) is 4.94. The standard InChI is InChI=1S/C11H7F5O3/c1-6(17)19-8-5-3-2-4-7(8)9(18)10(12,13)11(14,15)16/h2-5H,1H3. The molecule has 0 bridgehead atoms. The number of ether oxygens (including phenoxy) is 1. The molecule has 1 aromatic carbocycles. The minimum absolute atomic E-state index is 0.649. The van der Waals surface area contributed by atoms with Crippen LogP contribution < -0.4 is 4.74 Å². The predicted molar refractivity (Wildman–Crippen MR) is 53.1 cm³/mol. The van der Waals surface area contributed by atoms with Gasteiger partial charge < -0.3 is 4.74 Å². The second-order valence-corrected chi connectivity index (χ2v) is 3.49. The Labute approximate surface area is 104 Å². The molecule has 1 rings (SSSR count). The van der Waals surface area contributed by atoms with Crippen LogP contribution in [0.1, 0.15) is 17.3 Å². The van der Waals surface area contributed by atoms with Gasteiger partial charge in [-0.05, 0) is 12.1 Å². The summed E-state index contributed by atoms with van der Waals surface area (Å²) in [7, 11) is 0. The zero-order chi connectivity index (χ0) is 14.8. The molecule has 0 heterocycles. The van der Waals surface area contributed by atoms with Gasteiger partial charge in [-0.15, -0.1) is 0 Å². The first-order chi connectivity index (χ1) is 8.57. The Bertz CT molecular complexity index is 507. The zero-order valence-electron chi connectivity index (χ0n) is 9.42. The molecule has 0 aliphatic heterocycles. The van der Waals surface area contributed by atoms with Crippen LogP contribution >= 0.6 is 0 Å². The average molecular weight is 282 g/mol. The first-order valence-corrected chi connectivity index (χ1v) is 4.84. The summed E-state index contributed by atoms with van der Waals surface area (Å²) in [6.07, 6.45) is -6.02. The highest BCUT2D eigenvalue weighted by molar-refractivity contribution is 6.04. The molecule has 0 spiro atoms. The van der Waals surface area contributed by atoms with E-state index in [1.54, 1.807) is 0 Å². The number of esters is 1. The molecule has 0 aromatic heterocycles. The van der Waals surface area contributed by atoms with Gasteiger partial charge in [0.25, 0.3) is 0 Å². The maximum Gasteiger partial charge on any atom is 0.461 e. The lowest BCUT2D eigenvalue weighted by molar-refractivity contribution is -0.255. The summed E-state index contributed by atoms with van der Waals surface area (Å²) in [6, 6.07) is 3.97. The Hall–Kier alpha value is -1.99. The predicted octanol–water partition coefficient (Wildman–Crippen LogP) is 2.99. The molecule has 0 fully saturated rings. The fraction of sp³-hybridized carbons (Fsp3) is 0.273. The summed E-state index contributed by atoms with van der Waals surface area (Å²) in [5, 5.41) is 0. The number of benzene rings is 1. The highest BCUT2D eigenvalue weighted by atomic mass is 19.4. The summed E-state index contributed by atoms with van der Waals surface area (Å²) in [5.41, 5.74) is -1.01. The van der Waals surface area contributed by atoms with Crippen molar-refractivity contribution in [1.29, 1.82) is 0 Å². The van der Waals surface area contributed by atoms with E-state index in [4.69, 9.17) is 0 Å². The molecule has 19 heavy (non-hydrogen) atoms. The topological polar surface area (TPSA) is 43.4 Å². The smallest absolute Gasteiger partial charge is 0.426 e. The van der Waals surface area contributed by atoms with Crippen LogP contribution in [0.15, 0.2) is 24.3 Å². The molecule has 0 aliphatic carbocycles. The van der Waals surface area contributed by atoms with Crippen molar-refractivity contribution < 1.29 is 36.3 Å². The van der Waals surface area contributed by atoms with Crippen molar-refractivity contribution in [2.24, 2.45) is 0 Å². The van der Waals surface area contributed by atoms with E-state index < -0.39 is 35.2 Å². The van der Waals surface area contributed by atoms with Crippen molar-refractivity contribution in [3.05, 3.63) is 29.8 Å². The third-order valence-corrected chi connectivity index (χ3v) is 2.03. The summed E-state index contributed by atoms with van der Waals surface area (Å²) in [4.78, 5) is 21.9. The monoisotopic (exact) mass is 282 g/mol. The lowest BCUT2D eigenvalue weighted by atomic mass is 10.0. The van der Waals surface area contributed by atoms with Crippen molar-refractivity contribution >= 4 is 11.8 Å². The van der Waals surface area contributed by atoms with E-state index in [1.807, 2.05) is 0 Å². The number of carbonyl (C=O) groups excluding carboxylic acids is 2. The molecule has 0 unspecified atom stereocenters. The summed E-state index contributed by atoms with van der Waals surface area (Å²) in [5.74, 6) is -9.63. The van der Waals surface area contributed by atoms with Crippen molar-refractivity contribution in [2.45, 2.75) is 19.0 Å². The van der Waals surface area contributed by atoms with Crippen LogP contribution in [-0.4, -0.2) is 23.9 Å². The van der Waals surface area contributed by atoms with Gasteiger partial charge >= 0.3 is 18.1 Å². The van der Waals surface area contributed by atoms with Gasteiger partial charge in [0, 0.05) is 6.92 Å². The molecule has 104 valence electrons. The number of rotatable bonds is 3. The van der Waals surface area contributed by atoms with Crippen molar-refractivity contribution in [3.63, 3.8) is 0 Å². The van der Waals surface area contributed by atoms with Gasteiger partial charge in [-0.3, -0.25) is 9.59 Å². The molecule has 8 heteroatoms. The maximum absolute atomic E-state index is 12.9. The fourth-order valence-corrected chi connectivity index (χ4v) is 1.20. The van der Waals surface area contributed by atoms with Gasteiger partial charge in [-0.25, -0.2) is 0 Å². The second-order valence-electron chi connectivity index (χ2n) is 3.49. The SMILES string of the molecule is CC(=O)Oc1ccccc1C(=O)C(F)(F)C(F)(F)F. The van der Waals surface area contributed by atoms with E-state index in [-0.39, 0.29) is 0 Å². The molecule has 3 nitrogen and oxygen atoms in total. The Morgan fingerprint density at radius 3 is 2.05 bits per heavy atom. The van der Waals surface area contributed by atoms with E-state index in [0.717, 1.165) is 25.1 Å². The summed E-state index contributed by atoms with van der Waals surface area (Å²) >= 11 is 0. The summed E-state index contributed by atoms with van der Waals surface area (Å²) in [6.45, 7) is 0.920. The highest BCUT2D eigenvalue weighted by Gasteiger charge is 2.63. The van der Waals surface area contributed by atoms with Gasteiger partial charge in [0.15, 0.2) is 0 Å². The normalized spacial score (nSPS) is 12.1. The molecule has 0 atom stereocenters. The average Bonchev–Trinajstić information content (AvgIpc) is 2.26. The van der Waals surface area contributed by atoms with E-state index in [2.05, 4.69) is 4.74 Å². The molecule has 0 radical (unpaired) electrons. The molecular weight excluding hydrogens is 275 g/mol.